The molecule has 7 heteroatoms. The lowest BCUT2D eigenvalue weighted by Gasteiger charge is -2.06. The van der Waals surface area contributed by atoms with Crippen LogP contribution in [0.3, 0.4) is 0 Å². The van der Waals surface area contributed by atoms with Crippen molar-refractivity contribution >= 4 is 33.8 Å². The lowest BCUT2D eigenvalue weighted by atomic mass is 10.3. The summed E-state index contributed by atoms with van der Waals surface area (Å²) in [6.07, 6.45) is 1.69. The van der Waals surface area contributed by atoms with Crippen LogP contribution in [-0.4, -0.2) is 39.4 Å². The molecule has 0 radical (unpaired) electrons. The van der Waals surface area contributed by atoms with Gasteiger partial charge in [0, 0.05) is 5.75 Å². The zero-order valence-corrected chi connectivity index (χ0v) is 13.9. The molecule has 0 saturated carbocycles. The molecule has 122 valence electrons. The van der Waals surface area contributed by atoms with Crippen LogP contribution in [0.4, 0.5) is 0 Å². The molecule has 0 unspecified atom stereocenters. The highest BCUT2D eigenvalue weighted by Gasteiger charge is 2.06. The molecule has 0 spiro atoms. The number of hydrogen-bond donors (Lipinski definition) is 2. The zero-order valence-electron chi connectivity index (χ0n) is 13.1. The summed E-state index contributed by atoms with van der Waals surface area (Å²) in [6.45, 7) is 0.608. The normalized spacial score (nSPS) is 11.2. The molecule has 2 aromatic heterocycles. The maximum atomic E-state index is 5.72. The quantitative estimate of drug-likeness (QED) is 0.414. The number of nitrogens with zero attached hydrogens (tertiary/aromatic N) is 2. The summed E-state index contributed by atoms with van der Waals surface area (Å²) in [6, 6.07) is 11.6. The van der Waals surface area contributed by atoms with Crippen LogP contribution in [0.5, 0.6) is 11.5 Å². The fourth-order valence-electron chi connectivity index (χ4n) is 2.45. The van der Waals surface area contributed by atoms with Gasteiger partial charge in [-0.25, -0.2) is 9.97 Å². The highest BCUT2D eigenvalue weighted by molar-refractivity contribution is 7.99. The van der Waals surface area contributed by atoms with Crippen LogP contribution < -0.4 is 9.47 Å². The van der Waals surface area contributed by atoms with Crippen LogP contribution in [0.2, 0.25) is 0 Å². The molecule has 0 aliphatic rings. The van der Waals surface area contributed by atoms with Gasteiger partial charge in [-0.1, -0.05) is 11.8 Å². The molecular weight excluding hydrogens is 324 g/mol. The standard InChI is InChI=1S/C17H16N4O2S/c1-22-11-2-4-12(5-3-11)23-6-7-24-17-20-15-8-13-14(19-10-18-13)9-16(15)21-17/h2-5,8-10H,6-7H2,1H3,(H,18,19)(H,20,21). The van der Waals surface area contributed by atoms with Gasteiger partial charge in [-0.05, 0) is 36.4 Å². The molecule has 0 aliphatic heterocycles. The first-order valence-corrected chi connectivity index (χ1v) is 8.53. The first kappa shape index (κ1) is 14.9. The molecule has 0 amide bonds. The molecule has 0 saturated heterocycles. The number of benzene rings is 2. The van der Waals surface area contributed by atoms with Crippen LogP contribution in [0, 0.1) is 0 Å². The molecule has 0 fully saturated rings. The minimum Gasteiger partial charge on any atom is -0.497 e. The smallest absolute Gasteiger partial charge is 0.166 e. The second kappa shape index (κ2) is 6.45. The third kappa shape index (κ3) is 3.03. The molecule has 0 aliphatic carbocycles. The van der Waals surface area contributed by atoms with Gasteiger partial charge in [-0.3, -0.25) is 0 Å². The Morgan fingerprint density at radius 2 is 1.88 bits per heavy atom. The maximum Gasteiger partial charge on any atom is 0.166 e. The number of methoxy groups -OCH3 is 1. The summed E-state index contributed by atoms with van der Waals surface area (Å²) in [5.74, 6) is 2.47. The van der Waals surface area contributed by atoms with Gasteiger partial charge in [0.05, 0.1) is 42.1 Å². The van der Waals surface area contributed by atoms with E-state index in [1.807, 2.05) is 36.4 Å². The van der Waals surface area contributed by atoms with Gasteiger partial charge in [0.15, 0.2) is 5.16 Å². The van der Waals surface area contributed by atoms with Crippen molar-refractivity contribution in [3.05, 3.63) is 42.7 Å². The largest absolute Gasteiger partial charge is 0.497 e. The molecular formula is C17H16N4O2S. The number of aromatic amines is 2. The third-order valence-electron chi connectivity index (χ3n) is 3.65. The van der Waals surface area contributed by atoms with E-state index in [2.05, 4.69) is 19.9 Å². The van der Waals surface area contributed by atoms with E-state index in [1.165, 1.54) is 0 Å². The van der Waals surface area contributed by atoms with E-state index >= 15 is 0 Å². The minimum atomic E-state index is 0.608. The Kier molecular flexibility index (Phi) is 4.00. The number of nitrogens with one attached hydrogen (secondary N) is 2. The number of aromatic nitrogens is 4. The van der Waals surface area contributed by atoms with Gasteiger partial charge in [0.1, 0.15) is 11.5 Å². The summed E-state index contributed by atoms with van der Waals surface area (Å²) in [7, 11) is 1.65. The van der Waals surface area contributed by atoms with Crippen molar-refractivity contribution in [3.63, 3.8) is 0 Å². The van der Waals surface area contributed by atoms with Crippen molar-refractivity contribution in [1.29, 1.82) is 0 Å². The third-order valence-corrected chi connectivity index (χ3v) is 4.49. The van der Waals surface area contributed by atoms with Crippen LogP contribution in [0.1, 0.15) is 0 Å². The summed E-state index contributed by atoms with van der Waals surface area (Å²) >= 11 is 1.64. The van der Waals surface area contributed by atoms with E-state index in [0.29, 0.717) is 6.61 Å². The molecule has 0 bridgehead atoms. The van der Waals surface area contributed by atoms with E-state index in [1.54, 1.807) is 25.2 Å². The molecule has 4 rings (SSSR count). The van der Waals surface area contributed by atoms with E-state index in [0.717, 1.165) is 44.5 Å². The highest BCUT2D eigenvalue weighted by atomic mass is 32.2. The Hall–Kier alpha value is -2.67. The average Bonchev–Trinajstić information content (AvgIpc) is 3.22. The van der Waals surface area contributed by atoms with E-state index < -0.39 is 0 Å². The Balaban J connectivity index is 1.35. The Morgan fingerprint density at radius 3 is 2.71 bits per heavy atom. The Labute approximate surface area is 142 Å². The number of rotatable bonds is 6. The van der Waals surface area contributed by atoms with Crippen molar-refractivity contribution in [1.82, 2.24) is 19.9 Å². The number of ether oxygens (including phenoxy) is 2. The molecule has 0 atom stereocenters. The zero-order chi connectivity index (χ0) is 16.4. The monoisotopic (exact) mass is 340 g/mol. The minimum absolute atomic E-state index is 0.608. The van der Waals surface area contributed by atoms with E-state index in [-0.39, 0.29) is 0 Å². The van der Waals surface area contributed by atoms with Gasteiger partial charge in [0.2, 0.25) is 0 Å². The summed E-state index contributed by atoms with van der Waals surface area (Å²) in [5, 5.41) is 0.885. The molecule has 2 heterocycles. The van der Waals surface area contributed by atoms with Crippen molar-refractivity contribution in [2.75, 3.05) is 19.5 Å². The van der Waals surface area contributed by atoms with Crippen LogP contribution in [0.25, 0.3) is 22.1 Å². The second-order valence-electron chi connectivity index (χ2n) is 5.20. The number of fused-ring (bicyclic) bond motifs is 2. The van der Waals surface area contributed by atoms with Crippen molar-refractivity contribution in [2.45, 2.75) is 5.16 Å². The number of imidazole rings is 2. The molecule has 2 N–H and O–H groups in total. The summed E-state index contributed by atoms with van der Waals surface area (Å²) in [4.78, 5) is 15.3. The van der Waals surface area contributed by atoms with Crippen LogP contribution in [0.15, 0.2) is 47.9 Å². The Morgan fingerprint density at radius 1 is 1.04 bits per heavy atom. The second-order valence-corrected chi connectivity index (χ2v) is 6.29. The number of H-pyrrole nitrogens is 2. The SMILES string of the molecule is COc1ccc(OCCSc2nc3cc4nc[nH]c4cc3[nH]2)cc1. The number of thioether (sulfide) groups is 1. The maximum absolute atomic E-state index is 5.72. The Bertz CT molecular complexity index is 914. The lowest BCUT2D eigenvalue weighted by Crippen LogP contribution is -2.00. The number of hydrogen-bond acceptors (Lipinski definition) is 5. The van der Waals surface area contributed by atoms with Gasteiger partial charge < -0.3 is 19.4 Å². The fourth-order valence-corrected chi connectivity index (χ4v) is 3.16. The highest BCUT2D eigenvalue weighted by Crippen LogP contribution is 2.23. The predicted octanol–water partition coefficient (Wildman–Crippen LogP) is 3.62. The van der Waals surface area contributed by atoms with Crippen LogP contribution in [-0.2, 0) is 0 Å². The first-order chi connectivity index (χ1) is 11.8. The summed E-state index contributed by atoms with van der Waals surface area (Å²) in [5.41, 5.74) is 3.86. The van der Waals surface area contributed by atoms with Gasteiger partial charge in [0.25, 0.3) is 0 Å². The van der Waals surface area contributed by atoms with Gasteiger partial charge in [-0.2, -0.15) is 0 Å². The van der Waals surface area contributed by atoms with Gasteiger partial charge >= 0.3 is 0 Å². The fraction of sp³-hybridized carbons (Fsp3) is 0.176. The molecule has 6 nitrogen and oxygen atoms in total. The molecule has 24 heavy (non-hydrogen) atoms. The van der Waals surface area contributed by atoms with Gasteiger partial charge in [-0.15, -0.1) is 0 Å². The molecule has 4 aromatic rings. The summed E-state index contributed by atoms with van der Waals surface area (Å²) < 4.78 is 10.8. The van der Waals surface area contributed by atoms with E-state index in [4.69, 9.17) is 9.47 Å². The lowest BCUT2D eigenvalue weighted by molar-refractivity contribution is 0.342. The predicted molar refractivity (Wildman–Crippen MR) is 95.0 cm³/mol. The average molecular weight is 340 g/mol. The molecule has 2 aromatic carbocycles. The first-order valence-electron chi connectivity index (χ1n) is 7.54. The topological polar surface area (TPSA) is 75.8 Å². The van der Waals surface area contributed by atoms with Crippen LogP contribution >= 0.6 is 11.8 Å². The van der Waals surface area contributed by atoms with Crippen molar-refractivity contribution in [2.24, 2.45) is 0 Å². The van der Waals surface area contributed by atoms with Crippen molar-refractivity contribution < 1.29 is 9.47 Å². The van der Waals surface area contributed by atoms with E-state index in [9.17, 15) is 0 Å². The van der Waals surface area contributed by atoms with Crippen molar-refractivity contribution in [3.8, 4) is 11.5 Å².